The molecule has 40 heavy (non-hydrogen) atoms. The zero-order chi connectivity index (χ0) is 27.7. The minimum Gasteiger partial charge on any atom is -0.321 e. The molecule has 1 atom stereocenters. The van der Waals surface area contributed by atoms with Gasteiger partial charge in [0.1, 0.15) is 5.69 Å². The van der Waals surface area contributed by atoms with E-state index in [2.05, 4.69) is 15.3 Å². The van der Waals surface area contributed by atoms with Crippen molar-refractivity contribution >= 4 is 44.4 Å². The number of carbonyl (C=O) groups excluding carboxylic acids is 1. The standard InChI is InChI=1S/C29H24ClN5O3S2/c30-26-10-9-25(39-26)28-23(16-19-5-3-6-20(15-19)29(36)33-21-7-4-12-31-17-21)27(24-8-1-2-13-32-24)34-35(28)22-11-14-40(37,38)18-22/h1-10,12-13,15,17,22H,11,14,16,18H2,(H,33,36). The third-order valence-electron chi connectivity index (χ3n) is 6.77. The first-order chi connectivity index (χ1) is 19.4. The molecule has 0 aliphatic carbocycles. The van der Waals surface area contributed by atoms with E-state index in [1.807, 2.05) is 53.2 Å². The van der Waals surface area contributed by atoms with Crippen molar-refractivity contribution < 1.29 is 13.2 Å². The number of thiophene rings is 1. The molecule has 5 aromatic rings. The molecule has 1 aromatic carbocycles. The molecule has 1 amide bonds. The molecular weight excluding hydrogens is 566 g/mol. The van der Waals surface area contributed by atoms with Crippen LogP contribution in [0, 0.1) is 0 Å². The smallest absolute Gasteiger partial charge is 0.255 e. The van der Waals surface area contributed by atoms with Crippen LogP contribution in [0.4, 0.5) is 5.69 Å². The number of sulfone groups is 1. The van der Waals surface area contributed by atoms with Crippen LogP contribution in [-0.2, 0) is 16.3 Å². The van der Waals surface area contributed by atoms with Crippen molar-refractivity contribution in [3.63, 3.8) is 0 Å². The van der Waals surface area contributed by atoms with Gasteiger partial charge in [-0.25, -0.2) is 8.42 Å². The largest absolute Gasteiger partial charge is 0.321 e. The van der Waals surface area contributed by atoms with Crippen molar-refractivity contribution in [2.45, 2.75) is 18.9 Å². The van der Waals surface area contributed by atoms with E-state index < -0.39 is 9.84 Å². The maximum atomic E-state index is 13.0. The number of aromatic nitrogens is 4. The summed E-state index contributed by atoms with van der Waals surface area (Å²) in [6.45, 7) is 0. The number of nitrogens with one attached hydrogen (secondary N) is 1. The number of carbonyl (C=O) groups is 1. The first-order valence-electron chi connectivity index (χ1n) is 12.7. The van der Waals surface area contributed by atoms with Gasteiger partial charge < -0.3 is 5.32 Å². The quantitative estimate of drug-likeness (QED) is 0.252. The highest BCUT2D eigenvalue weighted by molar-refractivity contribution is 7.91. The molecule has 1 unspecified atom stereocenters. The van der Waals surface area contributed by atoms with Crippen molar-refractivity contribution in [2.24, 2.45) is 0 Å². The molecule has 1 saturated heterocycles. The van der Waals surface area contributed by atoms with Crippen LogP contribution in [-0.4, -0.2) is 45.6 Å². The molecule has 0 saturated carbocycles. The Kier molecular flexibility index (Phi) is 7.22. The fourth-order valence-electron chi connectivity index (χ4n) is 4.95. The fourth-order valence-corrected chi connectivity index (χ4v) is 7.75. The Labute approximate surface area is 240 Å². The van der Waals surface area contributed by atoms with E-state index in [-0.39, 0.29) is 23.5 Å². The lowest BCUT2D eigenvalue weighted by atomic mass is 9.98. The molecule has 5 heterocycles. The Morgan fingerprint density at radius 3 is 2.67 bits per heavy atom. The van der Waals surface area contributed by atoms with E-state index in [1.165, 1.54) is 11.3 Å². The SMILES string of the molecule is O=C(Nc1cccnc1)c1cccc(Cc2c(-c3ccccn3)nn(C3CCS(=O)(=O)C3)c2-c2ccc(Cl)s2)c1. The Hall–Kier alpha value is -3.86. The molecule has 6 rings (SSSR count). The first-order valence-corrected chi connectivity index (χ1v) is 15.7. The maximum Gasteiger partial charge on any atom is 0.255 e. The van der Waals surface area contributed by atoms with Gasteiger partial charge in [0.25, 0.3) is 5.91 Å². The van der Waals surface area contributed by atoms with E-state index in [0.29, 0.717) is 39.8 Å². The molecule has 202 valence electrons. The predicted molar refractivity (Wildman–Crippen MR) is 158 cm³/mol. The van der Waals surface area contributed by atoms with Crippen molar-refractivity contribution in [3.05, 3.63) is 106 Å². The average molecular weight is 590 g/mol. The second kappa shape index (κ2) is 11.0. The highest BCUT2D eigenvalue weighted by atomic mass is 35.5. The number of amides is 1. The molecule has 1 aliphatic heterocycles. The molecule has 4 aromatic heterocycles. The van der Waals surface area contributed by atoms with Crippen LogP contribution >= 0.6 is 22.9 Å². The normalized spacial score (nSPS) is 16.2. The minimum atomic E-state index is -3.15. The molecule has 1 fully saturated rings. The van der Waals surface area contributed by atoms with E-state index in [0.717, 1.165) is 21.7 Å². The van der Waals surface area contributed by atoms with Crippen LogP contribution < -0.4 is 5.32 Å². The fraction of sp³-hybridized carbons (Fsp3) is 0.172. The second-order valence-electron chi connectivity index (χ2n) is 9.57. The third kappa shape index (κ3) is 5.56. The topological polar surface area (TPSA) is 107 Å². The summed E-state index contributed by atoms with van der Waals surface area (Å²) in [6.07, 6.45) is 5.89. The van der Waals surface area contributed by atoms with Crippen LogP contribution in [0.25, 0.3) is 22.0 Å². The second-order valence-corrected chi connectivity index (χ2v) is 13.5. The lowest BCUT2D eigenvalue weighted by molar-refractivity contribution is 0.102. The third-order valence-corrected chi connectivity index (χ3v) is 9.75. The van der Waals surface area contributed by atoms with Gasteiger partial charge in [0, 0.05) is 29.9 Å². The first kappa shape index (κ1) is 26.4. The van der Waals surface area contributed by atoms with E-state index in [4.69, 9.17) is 16.7 Å². The van der Waals surface area contributed by atoms with Crippen LogP contribution in [0.15, 0.2) is 85.3 Å². The van der Waals surface area contributed by atoms with Gasteiger partial charge in [-0.15, -0.1) is 11.3 Å². The van der Waals surface area contributed by atoms with E-state index in [1.54, 1.807) is 36.8 Å². The summed E-state index contributed by atoms with van der Waals surface area (Å²) in [4.78, 5) is 22.5. The Morgan fingerprint density at radius 1 is 1.07 bits per heavy atom. The molecule has 0 radical (unpaired) electrons. The Bertz CT molecular complexity index is 1790. The average Bonchev–Trinajstić information content (AvgIpc) is 3.66. The minimum absolute atomic E-state index is 0.0336. The van der Waals surface area contributed by atoms with Gasteiger partial charge in [0.2, 0.25) is 0 Å². The van der Waals surface area contributed by atoms with Crippen molar-refractivity contribution in [1.29, 1.82) is 0 Å². The van der Waals surface area contributed by atoms with Gasteiger partial charge in [0.15, 0.2) is 9.84 Å². The molecule has 0 bridgehead atoms. The summed E-state index contributed by atoms with van der Waals surface area (Å²) in [5.41, 5.74) is 5.10. The van der Waals surface area contributed by atoms with Crippen LogP contribution in [0.1, 0.15) is 33.9 Å². The molecule has 0 spiro atoms. The number of halogens is 1. The number of hydrogen-bond donors (Lipinski definition) is 1. The monoisotopic (exact) mass is 589 g/mol. The molecule has 11 heteroatoms. The summed E-state index contributed by atoms with van der Waals surface area (Å²) in [6, 6.07) is 20.1. The van der Waals surface area contributed by atoms with Crippen LogP contribution in [0.3, 0.4) is 0 Å². The number of hydrogen-bond acceptors (Lipinski definition) is 7. The number of benzene rings is 1. The zero-order valence-corrected chi connectivity index (χ0v) is 23.6. The van der Waals surface area contributed by atoms with Crippen molar-refractivity contribution in [3.8, 4) is 22.0 Å². The van der Waals surface area contributed by atoms with Gasteiger partial charge in [0.05, 0.1) is 50.0 Å². The summed E-state index contributed by atoms with van der Waals surface area (Å²) >= 11 is 7.78. The highest BCUT2D eigenvalue weighted by Crippen LogP contribution is 2.41. The number of rotatable bonds is 7. The van der Waals surface area contributed by atoms with E-state index >= 15 is 0 Å². The van der Waals surface area contributed by atoms with Crippen molar-refractivity contribution in [1.82, 2.24) is 19.7 Å². The molecule has 8 nitrogen and oxygen atoms in total. The summed E-state index contributed by atoms with van der Waals surface area (Å²) < 4.78 is 27.4. The number of pyridine rings is 2. The Morgan fingerprint density at radius 2 is 1.98 bits per heavy atom. The highest BCUT2D eigenvalue weighted by Gasteiger charge is 2.34. The van der Waals surface area contributed by atoms with Gasteiger partial charge in [-0.2, -0.15) is 5.10 Å². The maximum absolute atomic E-state index is 13.0. The van der Waals surface area contributed by atoms with Crippen LogP contribution in [0.2, 0.25) is 4.34 Å². The van der Waals surface area contributed by atoms with Crippen molar-refractivity contribution in [2.75, 3.05) is 16.8 Å². The van der Waals surface area contributed by atoms with Gasteiger partial charge >= 0.3 is 0 Å². The molecule has 1 aliphatic rings. The van der Waals surface area contributed by atoms with Gasteiger partial charge in [-0.05, 0) is 60.5 Å². The van der Waals surface area contributed by atoms with E-state index in [9.17, 15) is 13.2 Å². The lowest BCUT2D eigenvalue weighted by Crippen LogP contribution is -2.14. The molecular formula is C29H24ClN5O3S2. The zero-order valence-electron chi connectivity index (χ0n) is 21.2. The number of nitrogens with zero attached hydrogens (tertiary/aromatic N) is 4. The summed E-state index contributed by atoms with van der Waals surface area (Å²) in [7, 11) is -3.15. The summed E-state index contributed by atoms with van der Waals surface area (Å²) in [5.74, 6) is -0.0759. The summed E-state index contributed by atoms with van der Waals surface area (Å²) in [5, 5.41) is 7.87. The van der Waals surface area contributed by atoms with Gasteiger partial charge in [-0.3, -0.25) is 19.4 Å². The molecule has 1 N–H and O–H groups in total. The number of anilines is 1. The lowest BCUT2D eigenvalue weighted by Gasteiger charge is -2.14. The van der Waals surface area contributed by atoms with Crippen LogP contribution in [0.5, 0.6) is 0 Å². The van der Waals surface area contributed by atoms with Gasteiger partial charge in [-0.1, -0.05) is 29.8 Å². The predicted octanol–water partition coefficient (Wildman–Crippen LogP) is 5.92. The Balaban J connectivity index is 1.45.